The number of morpholine rings is 1. The lowest BCUT2D eigenvalue weighted by molar-refractivity contribution is -0.137. The van der Waals surface area contributed by atoms with E-state index in [-0.39, 0.29) is 17.7 Å². The van der Waals surface area contributed by atoms with E-state index in [4.69, 9.17) is 9.15 Å². The molecule has 2 amide bonds. The van der Waals surface area contributed by atoms with Crippen LogP contribution in [0.1, 0.15) is 25.0 Å². The number of furan rings is 1. The highest BCUT2D eigenvalue weighted by molar-refractivity contribution is 5.89. The first-order valence-corrected chi connectivity index (χ1v) is 9.61. The van der Waals surface area contributed by atoms with Crippen LogP contribution in [0.25, 0.3) is 0 Å². The summed E-state index contributed by atoms with van der Waals surface area (Å²) in [6, 6.07) is 4.12. The van der Waals surface area contributed by atoms with E-state index in [0.29, 0.717) is 32.1 Å². The molecular formula is C19H27N3O4. The van der Waals surface area contributed by atoms with Crippen LogP contribution in [-0.2, 0) is 20.9 Å². The molecule has 26 heavy (non-hydrogen) atoms. The average Bonchev–Trinajstić information content (AvgIpc) is 3.23. The second-order valence-corrected chi connectivity index (χ2v) is 7.47. The Labute approximate surface area is 153 Å². The fraction of sp³-hybridized carbons (Fsp3) is 0.684. The summed E-state index contributed by atoms with van der Waals surface area (Å²) in [5.41, 5.74) is 0. The van der Waals surface area contributed by atoms with Crippen LogP contribution >= 0.6 is 0 Å². The van der Waals surface area contributed by atoms with E-state index in [1.807, 2.05) is 21.9 Å². The molecule has 0 aromatic carbocycles. The van der Waals surface area contributed by atoms with Crippen LogP contribution in [0.5, 0.6) is 0 Å². The molecule has 4 rings (SSSR count). The number of carbonyl (C=O) groups is 2. The van der Waals surface area contributed by atoms with Gasteiger partial charge in [-0.25, -0.2) is 0 Å². The van der Waals surface area contributed by atoms with Gasteiger partial charge in [0.25, 0.3) is 0 Å². The molecule has 1 aliphatic carbocycles. The average molecular weight is 361 g/mol. The summed E-state index contributed by atoms with van der Waals surface area (Å²) in [5, 5.41) is 0. The van der Waals surface area contributed by atoms with Crippen molar-refractivity contribution in [1.82, 2.24) is 14.7 Å². The molecule has 0 bridgehead atoms. The highest BCUT2D eigenvalue weighted by atomic mass is 16.5. The van der Waals surface area contributed by atoms with Crippen molar-refractivity contribution in [3.63, 3.8) is 0 Å². The molecule has 2 saturated heterocycles. The third-order valence-corrected chi connectivity index (χ3v) is 5.52. The van der Waals surface area contributed by atoms with Gasteiger partial charge in [-0.1, -0.05) is 0 Å². The largest absolute Gasteiger partial charge is 0.467 e. The maximum Gasteiger partial charge on any atom is 0.228 e. The smallest absolute Gasteiger partial charge is 0.228 e. The number of likely N-dealkylation sites (tertiary alicyclic amines) is 1. The molecule has 1 saturated carbocycles. The maximum atomic E-state index is 13.1. The van der Waals surface area contributed by atoms with Gasteiger partial charge in [0.15, 0.2) is 0 Å². The molecule has 0 unspecified atom stereocenters. The minimum absolute atomic E-state index is 0.0751. The van der Waals surface area contributed by atoms with Crippen LogP contribution in [0, 0.1) is 5.92 Å². The summed E-state index contributed by atoms with van der Waals surface area (Å²) >= 11 is 0. The summed E-state index contributed by atoms with van der Waals surface area (Å²) in [6.07, 6.45) is 4.15. The van der Waals surface area contributed by atoms with Gasteiger partial charge in [0.1, 0.15) is 5.76 Å². The molecule has 0 N–H and O–H groups in total. The Kier molecular flexibility index (Phi) is 5.26. The van der Waals surface area contributed by atoms with Gasteiger partial charge in [-0.05, 0) is 25.0 Å². The maximum absolute atomic E-state index is 13.1. The zero-order valence-electron chi connectivity index (χ0n) is 15.1. The van der Waals surface area contributed by atoms with Crippen molar-refractivity contribution in [2.75, 3.05) is 45.9 Å². The number of ether oxygens (including phenoxy) is 1. The molecule has 0 radical (unpaired) electrons. The monoisotopic (exact) mass is 361 g/mol. The van der Waals surface area contributed by atoms with E-state index >= 15 is 0 Å². The van der Waals surface area contributed by atoms with Crippen LogP contribution in [0.2, 0.25) is 0 Å². The zero-order valence-corrected chi connectivity index (χ0v) is 15.1. The fourth-order valence-corrected chi connectivity index (χ4v) is 3.84. The molecule has 1 aromatic rings. The predicted molar refractivity (Wildman–Crippen MR) is 94.2 cm³/mol. The van der Waals surface area contributed by atoms with Crippen molar-refractivity contribution >= 4 is 11.8 Å². The van der Waals surface area contributed by atoms with E-state index in [9.17, 15) is 9.59 Å². The number of hydrogen-bond acceptors (Lipinski definition) is 5. The molecule has 1 atom stereocenters. The summed E-state index contributed by atoms with van der Waals surface area (Å²) in [5.74, 6) is 0.773. The molecule has 3 heterocycles. The van der Waals surface area contributed by atoms with E-state index < -0.39 is 0 Å². The minimum atomic E-state index is -0.220. The molecule has 0 spiro atoms. The Hall–Kier alpha value is -1.86. The molecule has 142 valence electrons. The normalized spacial score (nSPS) is 24.2. The van der Waals surface area contributed by atoms with E-state index in [2.05, 4.69) is 4.90 Å². The SMILES string of the molecule is O=C([C@@H]1CC(=O)N(C2CC2)C1)N(CCN1CCOCC1)Cc1ccco1. The first-order valence-electron chi connectivity index (χ1n) is 9.61. The van der Waals surface area contributed by atoms with E-state index in [0.717, 1.165) is 51.4 Å². The predicted octanol–water partition coefficient (Wildman–Crippen LogP) is 0.951. The molecule has 3 aliphatic rings. The van der Waals surface area contributed by atoms with Gasteiger partial charge in [-0.3, -0.25) is 14.5 Å². The van der Waals surface area contributed by atoms with Crippen LogP contribution in [-0.4, -0.2) is 78.5 Å². The highest BCUT2D eigenvalue weighted by Crippen LogP contribution is 2.33. The van der Waals surface area contributed by atoms with E-state index in [1.54, 1.807) is 6.26 Å². The van der Waals surface area contributed by atoms with Crippen LogP contribution in [0.15, 0.2) is 22.8 Å². The Morgan fingerprint density at radius 3 is 2.77 bits per heavy atom. The standard InChI is InChI=1S/C19H27N3O4/c23-18-12-15(13-22(18)16-3-4-16)19(24)21(14-17-2-1-9-26-17)6-5-20-7-10-25-11-8-20/h1-2,9,15-16H,3-8,10-14H2/t15-/m1/s1. The summed E-state index contributed by atoms with van der Waals surface area (Å²) in [7, 11) is 0. The number of amides is 2. The van der Waals surface area contributed by atoms with Crippen molar-refractivity contribution in [2.24, 2.45) is 5.92 Å². The third-order valence-electron chi connectivity index (χ3n) is 5.52. The summed E-state index contributed by atoms with van der Waals surface area (Å²) in [4.78, 5) is 31.5. The van der Waals surface area contributed by atoms with Crippen molar-refractivity contribution in [2.45, 2.75) is 31.8 Å². The van der Waals surface area contributed by atoms with Crippen LogP contribution in [0.4, 0.5) is 0 Å². The topological polar surface area (TPSA) is 66.2 Å². The number of hydrogen-bond donors (Lipinski definition) is 0. The molecular weight excluding hydrogens is 334 g/mol. The second kappa shape index (κ2) is 7.80. The van der Waals surface area contributed by atoms with Gasteiger partial charge in [-0.15, -0.1) is 0 Å². The van der Waals surface area contributed by atoms with Crippen molar-refractivity contribution in [1.29, 1.82) is 0 Å². The highest BCUT2D eigenvalue weighted by Gasteiger charge is 2.42. The van der Waals surface area contributed by atoms with Gasteiger partial charge < -0.3 is 19.0 Å². The Morgan fingerprint density at radius 1 is 1.27 bits per heavy atom. The van der Waals surface area contributed by atoms with Crippen LogP contribution < -0.4 is 0 Å². The number of carbonyl (C=O) groups excluding carboxylic acids is 2. The number of rotatable bonds is 7. The molecule has 2 aliphatic heterocycles. The summed E-state index contributed by atoms with van der Waals surface area (Å²) < 4.78 is 10.8. The minimum Gasteiger partial charge on any atom is -0.467 e. The second-order valence-electron chi connectivity index (χ2n) is 7.47. The Balaban J connectivity index is 1.39. The van der Waals surface area contributed by atoms with Gasteiger partial charge in [0, 0.05) is 45.2 Å². The molecule has 7 nitrogen and oxygen atoms in total. The van der Waals surface area contributed by atoms with Crippen LogP contribution in [0.3, 0.4) is 0 Å². The van der Waals surface area contributed by atoms with Gasteiger partial charge in [0.2, 0.25) is 11.8 Å². The van der Waals surface area contributed by atoms with Gasteiger partial charge in [-0.2, -0.15) is 0 Å². The Bertz CT molecular complexity index is 623. The van der Waals surface area contributed by atoms with Crippen molar-refractivity contribution < 1.29 is 18.7 Å². The third kappa shape index (κ3) is 4.10. The molecule has 3 fully saturated rings. The van der Waals surface area contributed by atoms with Crippen molar-refractivity contribution in [3.8, 4) is 0 Å². The number of nitrogens with zero attached hydrogens (tertiary/aromatic N) is 3. The molecule has 1 aromatic heterocycles. The first kappa shape index (κ1) is 17.5. The van der Waals surface area contributed by atoms with Crippen molar-refractivity contribution in [3.05, 3.63) is 24.2 Å². The summed E-state index contributed by atoms with van der Waals surface area (Å²) in [6.45, 7) is 5.81. The zero-order chi connectivity index (χ0) is 17.9. The van der Waals surface area contributed by atoms with Gasteiger partial charge in [0.05, 0.1) is 31.9 Å². The lowest BCUT2D eigenvalue weighted by atomic mass is 10.1. The van der Waals surface area contributed by atoms with Gasteiger partial charge >= 0.3 is 0 Å². The quantitative estimate of drug-likeness (QED) is 0.723. The first-order chi connectivity index (χ1) is 12.7. The fourth-order valence-electron chi connectivity index (χ4n) is 3.84. The van der Waals surface area contributed by atoms with E-state index in [1.165, 1.54) is 0 Å². The lowest BCUT2D eigenvalue weighted by Gasteiger charge is -2.30. The Morgan fingerprint density at radius 2 is 2.08 bits per heavy atom. The lowest BCUT2D eigenvalue weighted by Crippen LogP contribution is -2.44. The molecule has 7 heteroatoms.